The van der Waals surface area contributed by atoms with Crippen LogP contribution < -0.4 is 10.6 Å². The van der Waals surface area contributed by atoms with E-state index in [2.05, 4.69) is 34.9 Å². The summed E-state index contributed by atoms with van der Waals surface area (Å²) in [6.07, 6.45) is 0.474. The Morgan fingerprint density at radius 2 is 1.61 bits per heavy atom. The second-order valence-electron chi connectivity index (χ2n) is 9.10. The van der Waals surface area contributed by atoms with Gasteiger partial charge in [0.1, 0.15) is 6.61 Å². The normalized spacial score (nSPS) is 13.5. The monoisotopic (exact) mass is 452 g/mol. The molecule has 0 spiro atoms. The van der Waals surface area contributed by atoms with E-state index in [0.717, 1.165) is 11.1 Å². The van der Waals surface area contributed by atoms with Gasteiger partial charge in [-0.15, -0.1) is 0 Å². The first-order valence-electron chi connectivity index (χ1n) is 11.3. The van der Waals surface area contributed by atoms with Gasteiger partial charge in [0.05, 0.1) is 6.42 Å². The molecule has 7 heteroatoms. The fourth-order valence-electron chi connectivity index (χ4n) is 4.21. The Balaban J connectivity index is 1.51. The van der Waals surface area contributed by atoms with Gasteiger partial charge in [-0.25, -0.2) is 4.79 Å². The minimum atomic E-state index is -0.945. The lowest BCUT2D eigenvalue weighted by atomic mass is 9.97. The molecule has 2 aromatic carbocycles. The molecule has 3 rings (SSSR count). The maximum absolute atomic E-state index is 12.5. The first kappa shape index (κ1) is 24.3. The van der Waals surface area contributed by atoms with Crippen LogP contribution in [0.1, 0.15) is 63.5 Å². The summed E-state index contributed by atoms with van der Waals surface area (Å²) in [6, 6.07) is 15.9. The molecule has 1 aliphatic carbocycles. The van der Waals surface area contributed by atoms with Gasteiger partial charge in [0, 0.05) is 23.9 Å². The number of hydrogen-bond donors (Lipinski definition) is 3. The summed E-state index contributed by atoms with van der Waals surface area (Å²) >= 11 is 0. The van der Waals surface area contributed by atoms with E-state index in [0.29, 0.717) is 12.8 Å². The fraction of sp³-hybridized carbons (Fsp3) is 0.423. The molecule has 0 aliphatic heterocycles. The van der Waals surface area contributed by atoms with Crippen LogP contribution in [0.3, 0.4) is 0 Å². The first-order valence-corrected chi connectivity index (χ1v) is 11.3. The Labute approximate surface area is 194 Å². The SMILES string of the molecule is CCC(CC(=O)O)NC(=O)CCC(C)(C)NC(=O)OCC1c2ccccc2-c2ccccc21. The fourth-order valence-corrected chi connectivity index (χ4v) is 4.21. The number of carboxylic acids is 1. The molecule has 1 unspecified atom stereocenters. The zero-order chi connectivity index (χ0) is 24.0. The largest absolute Gasteiger partial charge is 0.481 e. The van der Waals surface area contributed by atoms with Crippen LogP contribution in [0.15, 0.2) is 48.5 Å². The molecule has 2 aromatic rings. The van der Waals surface area contributed by atoms with E-state index in [-0.39, 0.29) is 31.3 Å². The quantitative estimate of drug-likeness (QED) is 0.494. The predicted octanol–water partition coefficient (Wildman–Crippen LogP) is 4.45. The number of aliphatic carboxylic acids is 1. The Hall–Kier alpha value is -3.35. The average Bonchev–Trinajstić information content (AvgIpc) is 3.09. The molecule has 1 atom stereocenters. The molecule has 0 saturated heterocycles. The maximum Gasteiger partial charge on any atom is 0.407 e. The molecule has 2 amide bonds. The summed E-state index contributed by atoms with van der Waals surface area (Å²) in [5.74, 6) is -1.19. The molecular weight excluding hydrogens is 420 g/mol. The van der Waals surface area contributed by atoms with Gasteiger partial charge < -0.3 is 20.5 Å². The third-order valence-electron chi connectivity index (χ3n) is 6.04. The van der Waals surface area contributed by atoms with Crippen molar-refractivity contribution in [2.24, 2.45) is 0 Å². The van der Waals surface area contributed by atoms with Crippen molar-refractivity contribution >= 4 is 18.0 Å². The number of rotatable bonds is 10. The van der Waals surface area contributed by atoms with Crippen molar-refractivity contribution in [3.8, 4) is 11.1 Å². The molecule has 0 heterocycles. The molecule has 0 bridgehead atoms. The van der Waals surface area contributed by atoms with Crippen molar-refractivity contribution in [1.82, 2.24) is 10.6 Å². The molecule has 0 aromatic heterocycles. The summed E-state index contributed by atoms with van der Waals surface area (Å²) in [4.78, 5) is 35.6. The number of nitrogens with one attached hydrogen (secondary N) is 2. The van der Waals surface area contributed by atoms with E-state index in [4.69, 9.17) is 9.84 Å². The number of fused-ring (bicyclic) bond motifs is 3. The molecule has 0 radical (unpaired) electrons. The Morgan fingerprint density at radius 1 is 1.03 bits per heavy atom. The van der Waals surface area contributed by atoms with E-state index >= 15 is 0 Å². The third-order valence-corrected chi connectivity index (χ3v) is 6.04. The first-order chi connectivity index (χ1) is 15.7. The van der Waals surface area contributed by atoms with Crippen molar-refractivity contribution in [2.75, 3.05) is 6.61 Å². The van der Waals surface area contributed by atoms with Gasteiger partial charge in [-0.3, -0.25) is 9.59 Å². The highest BCUT2D eigenvalue weighted by atomic mass is 16.5. The van der Waals surface area contributed by atoms with Crippen LogP contribution in [0.25, 0.3) is 11.1 Å². The predicted molar refractivity (Wildman–Crippen MR) is 126 cm³/mol. The second kappa shape index (κ2) is 10.5. The lowest BCUT2D eigenvalue weighted by Crippen LogP contribution is -2.45. The number of carbonyl (C=O) groups excluding carboxylic acids is 2. The highest BCUT2D eigenvalue weighted by Crippen LogP contribution is 2.44. The van der Waals surface area contributed by atoms with Crippen molar-refractivity contribution in [2.45, 2.75) is 64.0 Å². The highest BCUT2D eigenvalue weighted by Gasteiger charge is 2.30. The second-order valence-corrected chi connectivity index (χ2v) is 9.10. The minimum absolute atomic E-state index is 0.0164. The van der Waals surface area contributed by atoms with Crippen molar-refractivity contribution in [3.63, 3.8) is 0 Å². The van der Waals surface area contributed by atoms with Gasteiger partial charge in [0.25, 0.3) is 0 Å². The Morgan fingerprint density at radius 3 is 2.15 bits per heavy atom. The van der Waals surface area contributed by atoms with Crippen LogP contribution in [-0.2, 0) is 14.3 Å². The lowest BCUT2D eigenvalue weighted by Gasteiger charge is -2.26. The summed E-state index contributed by atoms with van der Waals surface area (Å²) in [5.41, 5.74) is 3.97. The molecule has 33 heavy (non-hydrogen) atoms. The van der Waals surface area contributed by atoms with Crippen LogP contribution in [0.4, 0.5) is 4.79 Å². The molecule has 0 fully saturated rings. The van der Waals surface area contributed by atoms with Crippen molar-refractivity contribution < 1.29 is 24.2 Å². The number of amides is 2. The van der Waals surface area contributed by atoms with Crippen LogP contribution in [0.2, 0.25) is 0 Å². The van der Waals surface area contributed by atoms with Crippen molar-refractivity contribution in [3.05, 3.63) is 59.7 Å². The van der Waals surface area contributed by atoms with Crippen LogP contribution in [0, 0.1) is 0 Å². The van der Waals surface area contributed by atoms with Gasteiger partial charge in [-0.1, -0.05) is 55.5 Å². The Bertz CT molecular complexity index is 972. The summed E-state index contributed by atoms with van der Waals surface area (Å²) in [5, 5.41) is 14.5. The van der Waals surface area contributed by atoms with Gasteiger partial charge in [-0.2, -0.15) is 0 Å². The summed E-state index contributed by atoms with van der Waals surface area (Å²) < 4.78 is 5.59. The van der Waals surface area contributed by atoms with Crippen LogP contribution in [0.5, 0.6) is 0 Å². The minimum Gasteiger partial charge on any atom is -0.481 e. The number of hydrogen-bond acceptors (Lipinski definition) is 4. The number of benzene rings is 2. The molecule has 1 aliphatic rings. The number of carboxylic acid groups (broad SMARTS) is 1. The topological polar surface area (TPSA) is 105 Å². The zero-order valence-electron chi connectivity index (χ0n) is 19.4. The summed E-state index contributed by atoms with van der Waals surface area (Å²) in [6.45, 7) is 5.72. The standard InChI is InChI=1S/C26H32N2O5/c1-4-17(15-24(30)31)27-23(29)13-14-26(2,3)28-25(32)33-16-22-20-11-7-5-9-18(20)19-10-6-8-12-21(19)22/h5-12,17,22H,4,13-16H2,1-3H3,(H,27,29)(H,28,32)(H,30,31). The van der Waals surface area contributed by atoms with Gasteiger partial charge in [0.2, 0.25) is 5.91 Å². The smallest absolute Gasteiger partial charge is 0.407 e. The Kier molecular flexibility index (Phi) is 7.74. The van der Waals surface area contributed by atoms with E-state index in [1.807, 2.05) is 45.0 Å². The zero-order valence-corrected chi connectivity index (χ0v) is 19.4. The van der Waals surface area contributed by atoms with Crippen LogP contribution in [-0.4, -0.2) is 41.3 Å². The average molecular weight is 453 g/mol. The van der Waals surface area contributed by atoms with Gasteiger partial charge in [0.15, 0.2) is 0 Å². The van der Waals surface area contributed by atoms with E-state index in [1.54, 1.807) is 0 Å². The lowest BCUT2D eigenvalue weighted by molar-refractivity contribution is -0.137. The number of alkyl carbamates (subject to hydrolysis) is 1. The van der Waals surface area contributed by atoms with E-state index < -0.39 is 23.6 Å². The molecule has 3 N–H and O–H groups in total. The van der Waals surface area contributed by atoms with E-state index in [1.165, 1.54) is 11.1 Å². The number of ether oxygens (including phenoxy) is 1. The molecular formula is C26H32N2O5. The summed E-state index contributed by atoms with van der Waals surface area (Å²) in [7, 11) is 0. The maximum atomic E-state index is 12.5. The molecule has 7 nitrogen and oxygen atoms in total. The van der Waals surface area contributed by atoms with Gasteiger partial charge >= 0.3 is 12.1 Å². The molecule has 0 saturated carbocycles. The van der Waals surface area contributed by atoms with Crippen LogP contribution >= 0.6 is 0 Å². The molecule has 176 valence electrons. The van der Waals surface area contributed by atoms with Crippen molar-refractivity contribution in [1.29, 1.82) is 0 Å². The number of carbonyl (C=O) groups is 3. The highest BCUT2D eigenvalue weighted by molar-refractivity contribution is 5.79. The van der Waals surface area contributed by atoms with Gasteiger partial charge in [-0.05, 0) is 48.9 Å². The van der Waals surface area contributed by atoms with E-state index in [9.17, 15) is 14.4 Å². The third kappa shape index (κ3) is 6.34.